The second-order valence-corrected chi connectivity index (χ2v) is 15.2. The number of anilines is 3. The van der Waals surface area contributed by atoms with Crippen LogP contribution in [0.4, 0.5) is 17.1 Å². The van der Waals surface area contributed by atoms with Gasteiger partial charge in [0.15, 0.2) is 0 Å². The van der Waals surface area contributed by atoms with Crippen LogP contribution in [0.25, 0.3) is 55.3 Å². The lowest BCUT2D eigenvalue weighted by Crippen LogP contribution is -2.32. The molecule has 0 unspecified atom stereocenters. The van der Waals surface area contributed by atoms with Gasteiger partial charge in [0.1, 0.15) is 22.7 Å². The largest absolute Gasteiger partial charge is 0.457 e. The summed E-state index contributed by atoms with van der Waals surface area (Å²) in [5.41, 5.74) is 16.1. The molecule has 0 N–H and O–H groups in total. The van der Waals surface area contributed by atoms with Crippen LogP contribution < -0.4 is 9.64 Å². The van der Waals surface area contributed by atoms with Gasteiger partial charge in [-0.2, -0.15) is 0 Å². The van der Waals surface area contributed by atoms with Crippen LogP contribution in [-0.2, 0) is 5.41 Å². The molecule has 2 aliphatic rings. The van der Waals surface area contributed by atoms with Gasteiger partial charge in [-0.1, -0.05) is 164 Å². The van der Waals surface area contributed by atoms with E-state index >= 15 is 0 Å². The molecule has 10 aromatic rings. The first-order valence-corrected chi connectivity index (χ1v) is 19.8. The van der Waals surface area contributed by atoms with E-state index in [2.05, 4.69) is 211 Å². The summed E-state index contributed by atoms with van der Waals surface area (Å²) in [4.78, 5) is 2.38. The smallest absolute Gasteiger partial charge is 0.143 e. The molecule has 12 rings (SSSR count). The van der Waals surface area contributed by atoms with E-state index in [0.717, 1.165) is 78.3 Å². The first-order valence-electron chi connectivity index (χ1n) is 19.8. The minimum atomic E-state index is -0.512. The number of hydrogen-bond donors (Lipinski definition) is 0. The number of benzene rings is 9. The predicted octanol–water partition coefficient (Wildman–Crippen LogP) is 14.9. The van der Waals surface area contributed by atoms with Crippen LogP contribution >= 0.6 is 0 Å². The van der Waals surface area contributed by atoms with Crippen LogP contribution in [-0.4, -0.2) is 0 Å². The summed E-state index contributed by atoms with van der Waals surface area (Å²) in [6, 6.07) is 75.9. The van der Waals surface area contributed by atoms with Crippen molar-refractivity contribution in [1.82, 2.24) is 0 Å². The molecule has 2 heterocycles. The highest BCUT2D eigenvalue weighted by atomic mass is 16.5. The predicted molar refractivity (Wildman–Crippen MR) is 237 cm³/mol. The average Bonchev–Trinajstić information content (AvgIpc) is 3.81. The molecule has 1 spiro atoms. The second kappa shape index (κ2) is 12.7. The van der Waals surface area contributed by atoms with Crippen molar-refractivity contribution >= 4 is 39.0 Å². The van der Waals surface area contributed by atoms with Gasteiger partial charge in [0.2, 0.25) is 0 Å². The Morgan fingerprint density at radius 1 is 0.362 bits per heavy atom. The fraction of sp³-hybridized carbons (Fsp3) is 0.0182. The minimum absolute atomic E-state index is 0.512. The van der Waals surface area contributed by atoms with Gasteiger partial charge in [0.05, 0.1) is 11.1 Å². The summed E-state index contributed by atoms with van der Waals surface area (Å²) in [6.45, 7) is 0. The minimum Gasteiger partial charge on any atom is -0.457 e. The van der Waals surface area contributed by atoms with E-state index in [4.69, 9.17) is 9.15 Å². The van der Waals surface area contributed by atoms with Crippen LogP contribution in [0.2, 0.25) is 0 Å². The maximum atomic E-state index is 6.95. The molecule has 0 amide bonds. The normalized spacial score (nSPS) is 13.1. The van der Waals surface area contributed by atoms with Gasteiger partial charge in [-0.25, -0.2) is 0 Å². The second-order valence-electron chi connectivity index (χ2n) is 15.2. The summed E-state index contributed by atoms with van der Waals surface area (Å²) < 4.78 is 13.6. The highest BCUT2D eigenvalue weighted by molar-refractivity contribution is 6.12. The Hall–Kier alpha value is -7.62. The number of para-hydroxylation sites is 4. The molecule has 272 valence electrons. The third-order valence-corrected chi connectivity index (χ3v) is 12.1. The lowest BCUT2D eigenvalue weighted by Gasteiger charge is -2.39. The number of ether oxygens (including phenoxy) is 1. The molecule has 0 radical (unpaired) electrons. The molecule has 0 atom stereocenters. The zero-order valence-corrected chi connectivity index (χ0v) is 31.5. The van der Waals surface area contributed by atoms with E-state index in [1.54, 1.807) is 0 Å². The third kappa shape index (κ3) is 4.68. The van der Waals surface area contributed by atoms with Gasteiger partial charge in [0, 0.05) is 44.4 Å². The van der Waals surface area contributed by atoms with Crippen molar-refractivity contribution < 1.29 is 9.15 Å². The van der Waals surface area contributed by atoms with E-state index in [1.165, 1.54) is 27.8 Å². The zero-order chi connectivity index (χ0) is 38.2. The Morgan fingerprint density at radius 2 is 0.966 bits per heavy atom. The van der Waals surface area contributed by atoms with Crippen molar-refractivity contribution in [2.24, 2.45) is 0 Å². The number of rotatable bonds is 5. The zero-order valence-electron chi connectivity index (χ0n) is 31.5. The first kappa shape index (κ1) is 32.6. The Kier molecular flexibility index (Phi) is 7.14. The molecular formula is C55H35NO2. The summed E-state index contributed by atoms with van der Waals surface area (Å²) in [5, 5.41) is 2.17. The number of nitrogens with zero attached hydrogens (tertiary/aromatic N) is 1. The summed E-state index contributed by atoms with van der Waals surface area (Å²) in [7, 11) is 0. The molecule has 3 nitrogen and oxygen atoms in total. The third-order valence-electron chi connectivity index (χ3n) is 12.1. The lowest BCUT2D eigenvalue weighted by atomic mass is 9.66. The fourth-order valence-electron chi connectivity index (χ4n) is 9.72. The van der Waals surface area contributed by atoms with E-state index in [9.17, 15) is 0 Å². The summed E-state index contributed by atoms with van der Waals surface area (Å²) in [5.74, 6) is 1.74. The monoisotopic (exact) mass is 741 g/mol. The molecule has 1 aliphatic carbocycles. The van der Waals surface area contributed by atoms with Gasteiger partial charge in [-0.15, -0.1) is 0 Å². The quantitative estimate of drug-likeness (QED) is 0.176. The van der Waals surface area contributed by atoms with Crippen molar-refractivity contribution in [3.05, 3.63) is 235 Å². The number of hydrogen-bond acceptors (Lipinski definition) is 3. The summed E-state index contributed by atoms with van der Waals surface area (Å²) >= 11 is 0. The van der Waals surface area contributed by atoms with Gasteiger partial charge >= 0.3 is 0 Å². The molecule has 58 heavy (non-hydrogen) atoms. The topological polar surface area (TPSA) is 25.6 Å². The molecule has 9 aromatic carbocycles. The molecular weight excluding hydrogens is 707 g/mol. The molecule has 0 bridgehead atoms. The van der Waals surface area contributed by atoms with Gasteiger partial charge < -0.3 is 14.1 Å². The van der Waals surface area contributed by atoms with Crippen LogP contribution in [0, 0.1) is 0 Å². The van der Waals surface area contributed by atoms with Gasteiger partial charge in [-0.05, 0) is 81.9 Å². The van der Waals surface area contributed by atoms with Crippen molar-refractivity contribution in [2.75, 3.05) is 4.90 Å². The lowest BCUT2D eigenvalue weighted by molar-refractivity contribution is 0.436. The van der Waals surface area contributed by atoms with E-state index in [-0.39, 0.29) is 0 Å². The van der Waals surface area contributed by atoms with Crippen molar-refractivity contribution in [1.29, 1.82) is 0 Å². The maximum Gasteiger partial charge on any atom is 0.143 e. The van der Waals surface area contributed by atoms with Crippen LogP contribution in [0.15, 0.2) is 217 Å². The van der Waals surface area contributed by atoms with E-state index in [0.29, 0.717) is 0 Å². The Balaban J connectivity index is 1.08. The first-order chi connectivity index (χ1) is 28.8. The molecule has 1 aromatic heterocycles. The fourth-order valence-corrected chi connectivity index (χ4v) is 9.72. The maximum absolute atomic E-state index is 6.95. The molecule has 3 heteroatoms. The van der Waals surface area contributed by atoms with E-state index < -0.39 is 5.41 Å². The van der Waals surface area contributed by atoms with Gasteiger partial charge in [0.25, 0.3) is 0 Å². The SMILES string of the molecule is c1ccc(-c2cc(N(c3ccccc3)c3ccccc3-c3ccc4c(c3)Oc3ccccc3C43c4ccccc4-c4ccccc43)cc3c2oc2ccccc23)cc1. The highest BCUT2D eigenvalue weighted by Crippen LogP contribution is 2.62. The van der Waals surface area contributed by atoms with Crippen LogP contribution in [0.1, 0.15) is 22.3 Å². The Bertz CT molecular complexity index is 3170. The summed E-state index contributed by atoms with van der Waals surface area (Å²) in [6.07, 6.45) is 0. The Labute approximate surface area is 336 Å². The number of furan rings is 1. The highest BCUT2D eigenvalue weighted by Gasteiger charge is 2.50. The van der Waals surface area contributed by atoms with E-state index in [1.807, 2.05) is 6.07 Å². The average molecular weight is 742 g/mol. The Morgan fingerprint density at radius 3 is 1.74 bits per heavy atom. The standard InChI is InChI=1S/C55H35NO2/c1-3-17-36(18-4-1)44-34-39(35-45-43-24-10-15-29-51(43)58-54(44)45)56(38-19-5-2-6-20-38)50-28-14-9-21-40(50)37-31-32-49-53(33-37)57-52-30-16-13-27-48(52)55(49)46-25-11-7-22-41(46)42-23-8-12-26-47(42)55/h1-35H. The van der Waals surface area contributed by atoms with Crippen molar-refractivity contribution in [2.45, 2.75) is 5.41 Å². The van der Waals surface area contributed by atoms with Crippen molar-refractivity contribution in [3.63, 3.8) is 0 Å². The molecule has 0 saturated heterocycles. The van der Waals surface area contributed by atoms with Crippen LogP contribution in [0.3, 0.4) is 0 Å². The number of fused-ring (bicyclic) bond motifs is 12. The van der Waals surface area contributed by atoms with Crippen LogP contribution in [0.5, 0.6) is 11.5 Å². The van der Waals surface area contributed by atoms with Gasteiger partial charge in [-0.3, -0.25) is 0 Å². The van der Waals surface area contributed by atoms with Crippen molar-refractivity contribution in [3.8, 4) is 44.9 Å². The molecule has 1 aliphatic heterocycles. The molecule has 0 saturated carbocycles. The molecule has 0 fully saturated rings.